The van der Waals surface area contributed by atoms with Gasteiger partial charge in [-0.25, -0.2) is 0 Å². The van der Waals surface area contributed by atoms with Gasteiger partial charge in [-0.05, 0) is 59.7 Å². The zero-order valence-corrected chi connectivity index (χ0v) is 21.7. The van der Waals surface area contributed by atoms with E-state index in [0.717, 1.165) is 34.0 Å². The average Bonchev–Trinajstić information content (AvgIpc) is 2.97. The first-order valence-corrected chi connectivity index (χ1v) is 12.5. The Labute approximate surface area is 224 Å². The van der Waals surface area contributed by atoms with Crippen molar-refractivity contribution in [2.24, 2.45) is 0 Å². The van der Waals surface area contributed by atoms with Crippen LogP contribution in [0.5, 0.6) is 11.5 Å². The summed E-state index contributed by atoms with van der Waals surface area (Å²) in [6, 6.07) is 34.1. The fraction of sp³-hybridized carbons (Fsp3) is 0.188. The molecule has 0 saturated heterocycles. The number of ether oxygens (including phenoxy) is 2. The molecule has 4 aromatic rings. The van der Waals surface area contributed by atoms with Gasteiger partial charge in [0.05, 0.1) is 27.1 Å². The van der Waals surface area contributed by atoms with Gasteiger partial charge in [-0.3, -0.25) is 9.59 Å². The summed E-state index contributed by atoms with van der Waals surface area (Å²) in [6.45, 7) is 0.699. The number of methoxy groups -OCH3 is 2. The van der Waals surface area contributed by atoms with Gasteiger partial charge in [0.15, 0.2) is 0 Å². The van der Waals surface area contributed by atoms with Gasteiger partial charge < -0.3 is 19.3 Å². The van der Waals surface area contributed by atoms with Crippen LogP contribution in [0.15, 0.2) is 109 Å². The highest BCUT2D eigenvalue weighted by atomic mass is 16.5. The lowest BCUT2D eigenvalue weighted by atomic mass is 10.1. The van der Waals surface area contributed by atoms with Crippen molar-refractivity contribution in [1.82, 2.24) is 0 Å². The summed E-state index contributed by atoms with van der Waals surface area (Å²) in [5.74, 6) is 1.40. The van der Waals surface area contributed by atoms with Gasteiger partial charge in [0.2, 0.25) is 11.8 Å². The zero-order chi connectivity index (χ0) is 26.7. The molecule has 0 N–H and O–H groups in total. The van der Waals surface area contributed by atoms with E-state index in [2.05, 4.69) is 0 Å². The second kappa shape index (κ2) is 13.1. The predicted octanol–water partition coefficient (Wildman–Crippen LogP) is 5.56. The third-order valence-corrected chi connectivity index (χ3v) is 6.31. The normalized spacial score (nSPS) is 10.5. The minimum Gasteiger partial charge on any atom is -0.497 e. The Morgan fingerprint density at radius 1 is 0.526 bits per heavy atom. The first-order chi connectivity index (χ1) is 18.6. The van der Waals surface area contributed by atoms with Crippen molar-refractivity contribution in [2.45, 2.75) is 12.8 Å². The van der Waals surface area contributed by atoms with Gasteiger partial charge >= 0.3 is 0 Å². The maximum Gasteiger partial charge on any atom is 0.231 e. The number of nitrogens with zero attached hydrogens (tertiary/aromatic N) is 2. The molecule has 0 aliphatic carbocycles. The van der Waals surface area contributed by atoms with Gasteiger partial charge in [-0.1, -0.05) is 60.7 Å². The lowest BCUT2D eigenvalue weighted by Crippen LogP contribution is -2.42. The monoisotopic (exact) mass is 508 g/mol. The summed E-state index contributed by atoms with van der Waals surface area (Å²) in [4.78, 5) is 30.5. The van der Waals surface area contributed by atoms with Gasteiger partial charge in [-0.15, -0.1) is 0 Å². The SMILES string of the molecule is COc1ccc(CC(=O)N(CCN(C(=O)Cc2ccc(OC)cc2)c2ccccc2)c2ccccc2)cc1. The van der Waals surface area contributed by atoms with Crippen LogP contribution in [0.3, 0.4) is 0 Å². The molecule has 38 heavy (non-hydrogen) atoms. The molecule has 0 aliphatic heterocycles. The lowest BCUT2D eigenvalue weighted by molar-refractivity contribution is -0.119. The first kappa shape index (κ1) is 26.5. The smallest absolute Gasteiger partial charge is 0.231 e. The molecule has 0 fully saturated rings. The maximum atomic E-state index is 13.5. The number of carbonyl (C=O) groups is 2. The number of hydrogen-bond acceptors (Lipinski definition) is 4. The molecule has 0 bridgehead atoms. The molecule has 0 atom stereocenters. The minimum absolute atomic E-state index is 0.0445. The minimum atomic E-state index is -0.0445. The molecule has 2 amide bonds. The second-order valence-corrected chi connectivity index (χ2v) is 8.81. The van der Waals surface area contributed by atoms with Crippen LogP contribution in [0, 0.1) is 0 Å². The third-order valence-electron chi connectivity index (χ3n) is 6.31. The molecule has 194 valence electrons. The quantitative estimate of drug-likeness (QED) is 0.266. The van der Waals surface area contributed by atoms with Gasteiger partial charge in [0.1, 0.15) is 11.5 Å². The largest absolute Gasteiger partial charge is 0.497 e. The molecule has 6 heteroatoms. The van der Waals surface area contributed by atoms with Crippen LogP contribution in [0.25, 0.3) is 0 Å². The Kier molecular flexibility index (Phi) is 9.13. The third kappa shape index (κ3) is 7.01. The predicted molar refractivity (Wildman–Crippen MR) is 151 cm³/mol. The van der Waals surface area contributed by atoms with Crippen molar-refractivity contribution in [3.8, 4) is 11.5 Å². The summed E-state index contributed by atoms with van der Waals surface area (Å²) in [6.07, 6.45) is 0.480. The summed E-state index contributed by atoms with van der Waals surface area (Å²) in [5.41, 5.74) is 3.38. The van der Waals surface area contributed by atoms with Crippen LogP contribution < -0.4 is 19.3 Å². The van der Waals surface area contributed by atoms with E-state index in [9.17, 15) is 9.59 Å². The molecule has 0 heterocycles. The lowest BCUT2D eigenvalue weighted by Gasteiger charge is -2.28. The molecule has 4 rings (SSSR count). The van der Waals surface area contributed by atoms with E-state index in [1.165, 1.54) is 0 Å². The Morgan fingerprint density at radius 3 is 1.18 bits per heavy atom. The maximum absolute atomic E-state index is 13.5. The number of para-hydroxylation sites is 2. The summed E-state index contributed by atoms with van der Waals surface area (Å²) < 4.78 is 10.5. The van der Waals surface area contributed by atoms with Crippen molar-refractivity contribution in [3.05, 3.63) is 120 Å². The van der Waals surface area contributed by atoms with E-state index in [4.69, 9.17) is 9.47 Å². The van der Waals surface area contributed by atoms with Crippen LogP contribution >= 0.6 is 0 Å². The Bertz CT molecular complexity index is 1200. The number of amides is 2. The van der Waals surface area contributed by atoms with Gasteiger partial charge in [0, 0.05) is 24.5 Å². The molecule has 4 aromatic carbocycles. The summed E-state index contributed by atoms with van der Waals surface area (Å²) in [7, 11) is 3.23. The molecule has 0 radical (unpaired) electrons. The van der Waals surface area contributed by atoms with E-state index in [1.807, 2.05) is 109 Å². The van der Waals surface area contributed by atoms with Crippen molar-refractivity contribution in [3.63, 3.8) is 0 Å². The molecule has 0 saturated carbocycles. The Hall–Kier alpha value is -4.58. The summed E-state index contributed by atoms with van der Waals surface area (Å²) >= 11 is 0. The molecular formula is C32H32N2O4. The van der Waals surface area contributed by atoms with Gasteiger partial charge in [0.25, 0.3) is 0 Å². The molecule has 0 unspecified atom stereocenters. The van der Waals surface area contributed by atoms with E-state index < -0.39 is 0 Å². The van der Waals surface area contributed by atoms with Crippen molar-refractivity contribution < 1.29 is 19.1 Å². The molecule has 6 nitrogen and oxygen atoms in total. The number of carbonyl (C=O) groups excluding carboxylic acids is 2. The molecule has 0 aromatic heterocycles. The topological polar surface area (TPSA) is 59.1 Å². The number of anilines is 2. The van der Waals surface area contributed by atoms with E-state index in [-0.39, 0.29) is 24.7 Å². The second-order valence-electron chi connectivity index (χ2n) is 8.81. The van der Waals surface area contributed by atoms with E-state index in [0.29, 0.717) is 13.1 Å². The van der Waals surface area contributed by atoms with Gasteiger partial charge in [-0.2, -0.15) is 0 Å². The molecule has 0 spiro atoms. The molecular weight excluding hydrogens is 476 g/mol. The Balaban J connectivity index is 1.54. The highest BCUT2D eigenvalue weighted by molar-refractivity contribution is 5.97. The van der Waals surface area contributed by atoms with Crippen LogP contribution in [-0.2, 0) is 22.4 Å². The number of benzene rings is 4. The van der Waals surface area contributed by atoms with Crippen LogP contribution in [0.4, 0.5) is 11.4 Å². The average molecular weight is 509 g/mol. The van der Waals surface area contributed by atoms with Crippen molar-refractivity contribution in [1.29, 1.82) is 0 Å². The van der Waals surface area contributed by atoms with Crippen LogP contribution in [0.2, 0.25) is 0 Å². The fourth-order valence-corrected chi connectivity index (χ4v) is 4.24. The van der Waals surface area contributed by atoms with E-state index in [1.54, 1.807) is 24.0 Å². The highest BCUT2D eigenvalue weighted by Crippen LogP contribution is 2.20. The summed E-state index contributed by atoms with van der Waals surface area (Å²) in [5, 5.41) is 0. The van der Waals surface area contributed by atoms with Crippen LogP contribution in [-0.4, -0.2) is 39.1 Å². The van der Waals surface area contributed by atoms with Crippen LogP contribution in [0.1, 0.15) is 11.1 Å². The van der Waals surface area contributed by atoms with Crippen molar-refractivity contribution >= 4 is 23.2 Å². The zero-order valence-electron chi connectivity index (χ0n) is 21.7. The first-order valence-electron chi connectivity index (χ1n) is 12.5. The standard InChI is InChI=1S/C32H32N2O4/c1-37-29-17-13-25(14-18-29)23-31(35)33(27-9-5-3-6-10-27)21-22-34(28-11-7-4-8-12-28)32(36)24-26-15-19-30(38-2)20-16-26/h3-20H,21-24H2,1-2H3. The highest BCUT2D eigenvalue weighted by Gasteiger charge is 2.21. The number of rotatable bonds is 11. The fourth-order valence-electron chi connectivity index (χ4n) is 4.24. The number of hydrogen-bond donors (Lipinski definition) is 0. The Morgan fingerprint density at radius 2 is 0.868 bits per heavy atom. The van der Waals surface area contributed by atoms with E-state index >= 15 is 0 Å². The molecule has 0 aliphatic rings. The van der Waals surface area contributed by atoms with Crippen molar-refractivity contribution in [2.75, 3.05) is 37.1 Å².